The lowest BCUT2D eigenvalue weighted by Crippen LogP contribution is -2.09. The van der Waals surface area contributed by atoms with Crippen molar-refractivity contribution in [2.75, 3.05) is 4.90 Å². The standard InChI is InChI=1S/C62H41NO/c1-2-15-46(16-3-1)61-58-25-10-11-27-60(58)64-62(61)49-20-12-19-47(40-49)42-28-34-50(35-29-42)63(51-36-30-44(31-37-51)54-26-13-18-43-14-4-6-21-53(43)54)52-38-32-45(33-39-52)59-41-48-17-5-7-22-55(48)56-23-8-9-24-57(56)59/h1-41H. The van der Waals surface area contributed by atoms with Gasteiger partial charge in [0.15, 0.2) is 0 Å². The zero-order valence-corrected chi connectivity index (χ0v) is 35.0. The van der Waals surface area contributed by atoms with Gasteiger partial charge < -0.3 is 9.32 Å². The van der Waals surface area contributed by atoms with E-state index in [2.05, 4.69) is 248 Å². The Hall–Kier alpha value is -8.46. The molecule has 0 fully saturated rings. The van der Waals surface area contributed by atoms with Crippen molar-refractivity contribution in [3.63, 3.8) is 0 Å². The van der Waals surface area contributed by atoms with Crippen molar-refractivity contribution < 1.29 is 4.42 Å². The lowest BCUT2D eigenvalue weighted by Gasteiger charge is -2.26. The van der Waals surface area contributed by atoms with E-state index in [0.29, 0.717) is 0 Å². The van der Waals surface area contributed by atoms with Crippen LogP contribution in [-0.4, -0.2) is 0 Å². The van der Waals surface area contributed by atoms with Gasteiger partial charge in [0.05, 0.1) is 0 Å². The molecule has 12 rings (SSSR count). The van der Waals surface area contributed by atoms with Crippen molar-refractivity contribution in [2.24, 2.45) is 0 Å². The van der Waals surface area contributed by atoms with E-state index in [1.165, 1.54) is 54.6 Å². The Labute approximate surface area is 372 Å². The summed E-state index contributed by atoms with van der Waals surface area (Å²) in [6.45, 7) is 0. The highest BCUT2D eigenvalue weighted by molar-refractivity contribution is 6.14. The molecular formula is C62H41NO. The summed E-state index contributed by atoms with van der Waals surface area (Å²) in [7, 11) is 0. The summed E-state index contributed by atoms with van der Waals surface area (Å²) in [5.74, 6) is 0.879. The first-order valence-corrected chi connectivity index (χ1v) is 21.9. The average Bonchev–Trinajstić information content (AvgIpc) is 3.77. The van der Waals surface area contributed by atoms with E-state index in [1.807, 2.05) is 6.07 Å². The highest BCUT2D eigenvalue weighted by Crippen LogP contribution is 2.43. The number of fused-ring (bicyclic) bond motifs is 5. The van der Waals surface area contributed by atoms with Crippen molar-refractivity contribution >= 4 is 60.3 Å². The summed E-state index contributed by atoms with van der Waals surface area (Å²) in [6, 6.07) is 89.5. The lowest BCUT2D eigenvalue weighted by atomic mass is 9.93. The largest absolute Gasteiger partial charge is 0.455 e. The predicted molar refractivity (Wildman–Crippen MR) is 271 cm³/mol. The molecule has 0 N–H and O–H groups in total. The van der Waals surface area contributed by atoms with Gasteiger partial charge in [0.25, 0.3) is 0 Å². The fourth-order valence-electron chi connectivity index (χ4n) is 9.58. The number of hydrogen-bond acceptors (Lipinski definition) is 2. The lowest BCUT2D eigenvalue weighted by molar-refractivity contribution is 0.632. The Morgan fingerprint density at radius 3 is 1.48 bits per heavy atom. The van der Waals surface area contributed by atoms with Crippen molar-refractivity contribution in [3.05, 3.63) is 249 Å². The van der Waals surface area contributed by atoms with Crippen LogP contribution >= 0.6 is 0 Å². The van der Waals surface area contributed by atoms with Crippen LogP contribution in [0.5, 0.6) is 0 Å². The molecule has 0 saturated carbocycles. The molecule has 11 aromatic carbocycles. The van der Waals surface area contributed by atoms with Gasteiger partial charge in [-0.15, -0.1) is 0 Å². The van der Waals surface area contributed by atoms with Gasteiger partial charge in [-0.1, -0.05) is 194 Å². The Balaban J connectivity index is 0.934. The van der Waals surface area contributed by atoms with Crippen LogP contribution in [0.2, 0.25) is 0 Å². The second-order valence-corrected chi connectivity index (χ2v) is 16.4. The number of hydrogen-bond donors (Lipinski definition) is 0. The third-order valence-electron chi connectivity index (χ3n) is 12.7. The third kappa shape index (κ3) is 6.61. The zero-order valence-electron chi connectivity index (χ0n) is 35.0. The fraction of sp³-hybridized carbons (Fsp3) is 0. The molecular weight excluding hydrogens is 775 g/mol. The van der Waals surface area contributed by atoms with E-state index in [4.69, 9.17) is 4.42 Å². The van der Waals surface area contributed by atoms with Crippen LogP contribution in [0, 0.1) is 0 Å². The summed E-state index contributed by atoms with van der Waals surface area (Å²) in [5, 5.41) is 8.65. The summed E-state index contributed by atoms with van der Waals surface area (Å²) < 4.78 is 6.61. The Morgan fingerprint density at radius 1 is 0.266 bits per heavy atom. The molecule has 0 amide bonds. The number of nitrogens with zero attached hydrogens (tertiary/aromatic N) is 1. The number of benzene rings is 11. The van der Waals surface area contributed by atoms with Crippen molar-refractivity contribution in [1.29, 1.82) is 0 Å². The molecule has 1 aromatic heterocycles. The summed E-state index contributed by atoms with van der Waals surface area (Å²) in [6.07, 6.45) is 0. The molecule has 0 radical (unpaired) electrons. The highest BCUT2D eigenvalue weighted by atomic mass is 16.3. The van der Waals surface area contributed by atoms with Gasteiger partial charge in [0.2, 0.25) is 0 Å². The van der Waals surface area contributed by atoms with E-state index in [9.17, 15) is 0 Å². The van der Waals surface area contributed by atoms with Gasteiger partial charge in [0.1, 0.15) is 11.3 Å². The summed E-state index contributed by atoms with van der Waals surface area (Å²) >= 11 is 0. The first-order chi connectivity index (χ1) is 31.7. The minimum absolute atomic E-state index is 0.879. The van der Waals surface area contributed by atoms with Crippen LogP contribution in [0.25, 0.3) is 99.1 Å². The van der Waals surface area contributed by atoms with Crippen LogP contribution in [0.3, 0.4) is 0 Å². The Bertz CT molecular complexity index is 3630. The Morgan fingerprint density at radius 2 is 0.766 bits per heavy atom. The zero-order chi connectivity index (χ0) is 42.4. The Kier molecular flexibility index (Phi) is 9.20. The molecule has 0 aliphatic carbocycles. The fourth-order valence-corrected chi connectivity index (χ4v) is 9.58. The minimum Gasteiger partial charge on any atom is -0.455 e. The summed E-state index contributed by atoms with van der Waals surface area (Å²) in [5.41, 5.74) is 14.5. The maximum Gasteiger partial charge on any atom is 0.143 e. The van der Waals surface area contributed by atoms with Gasteiger partial charge in [0, 0.05) is 33.6 Å². The SMILES string of the molecule is c1ccc(-c2c(-c3cccc(-c4ccc(N(c5ccc(-c6cccc7ccccc67)cc5)c5ccc(-c6cc7ccccc7c7ccccc67)cc5)cc4)c3)oc3ccccc23)cc1. The first-order valence-electron chi connectivity index (χ1n) is 21.9. The summed E-state index contributed by atoms with van der Waals surface area (Å²) in [4.78, 5) is 2.36. The van der Waals surface area contributed by atoms with Crippen LogP contribution in [-0.2, 0) is 0 Å². The quantitative estimate of drug-likeness (QED) is 0.142. The maximum atomic E-state index is 6.61. The normalized spacial score (nSPS) is 11.4. The molecule has 2 heteroatoms. The highest BCUT2D eigenvalue weighted by Gasteiger charge is 2.19. The van der Waals surface area contributed by atoms with Crippen LogP contribution < -0.4 is 4.90 Å². The molecule has 64 heavy (non-hydrogen) atoms. The van der Waals surface area contributed by atoms with E-state index in [1.54, 1.807) is 0 Å². The van der Waals surface area contributed by atoms with Gasteiger partial charge in [-0.2, -0.15) is 0 Å². The molecule has 12 aromatic rings. The third-order valence-corrected chi connectivity index (χ3v) is 12.7. The monoisotopic (exact) mass is 815 g/mol. The number of furan rings is 1. The van der Waals surface area contributed by atoms with Gasteiger partial charge in [-0.3, -0.25) is 0 Å². The van der Waals surface area contributed by atoms with E-state index in [0.717, 1.165) is 61.6 Å². The molecule has 0 bridgehead atoms. The molecule has 300 valence electrons. The van der Waals surface area contributed by atoms with Crippen molar-refractivity contribution in [3.8, 4) is 55.8 Å². The molecule has 0 saturated heterocycles. The van der Waals surface area contributed by atoms with Crippen LogP contribution in [0.4, 0.5) is 17.1 Å². The molecule has 2 nitrogen and oxygen atoms in total. The average molecular weight is 816 g/mol. The maximum absolute atomic E-state index is 6.61. The molecule has 0 spiro atoms. The van der Waals surface area contributed by atoms with Gasteiger partial charge >= 0.3 is 0 Å². The van der Waals surface area contributed by atoms with E-state index >= 15 is 0 Å². The minimum atomic E-state index is 0.879. The van der Waals surface area contributed by atoms with Crippen LogP contribution in [0.15, 0.2) is 253 Å². The predicted octanol–water partition coefficient (Wildman–Crippen LogP) is 17.7. The van der Waals surface area contributed by atoms with E-state index in [-0.39, 0.29) is 0 Å². The number of anilines is 3. The molecule has 1 heterocycles. The van der Waals surface area contributed by atoms with Crippen molar-refractivity contribution in [1.82, 2.24) is 0 Å². The molecule has 0 aliphatic heterocycles. The first kappa shape index (κ1) is 37.3. The number of para-hydroxylation sites is 1. The van der Waals surface area contributed by atoms with Crippen molar-refractivity contribution in [2.45, 2.75) is 0 Å². The van der Waals surface area contributed by atoms with Gasteiger partial charge in [-0.25, -0.2) is 0 Å². The molecule has 0 unspecified atom stereocenters. The second-order valence-electron chi connectivity index (χ2n) is 16.4. The topological polar surface area (TPSA) is 16.4 Å². The smallest absolute Gasteiger partial charge is 0.143 e. The molecule has 0 aliphatic rings. The second kappa shape index (κ2) is 15.8. The van der Waals surface area contributed by atoms with Gasteiger partial charge in [-0.05, 0) is 126 Å². The molecule has 0 atom stereocenters. The van der Waals surface area contributed by atoms with Crippen LogP contribution in [0.1, 0.15) is 0 Å². The van der Waals surface area contributed by atoms with E-state index < -0.39 is 0 Å². The number of rotatable bonds is 8.